The molecule has 0 fully saturated rings. The highest BCUT2D eigenvalue weighted by Crippen LogP contribution is 2.35. The van der Waals surface area contributed by atoms with Gasteiger partial charge in [0.15, 0.2) is 0 Å². The molecule has 1 aromatic rings. The molecule has 0 saturated heterocycles. The fourth-order valence-electron chi connectivity index (χ4n) is 1.28. The Labute approximate surface area is 83.0 Å². The normalized spacial score (nSPS) is 20.4. The summed E-state index contributed by atoms with van der Waals surface area (Å²) in [6, 6.07) is 2.85. The predicted molar refractivity (Wildman–Crippen MR) is 51.5 cm³/mol. The number of halogens is 2. The quantitative estimate of drug-likeness (QED) is 0.735. The Balaban J connectivity index is 2.63. The number of rotatable bonds is 0. The smallest absolute Gasteiger partial charge is 0.137 e. The maximum absolute atomic E-state index is 13.0. The fourth-order valence-corrected chi connectivity index (χ4v) is 2.13. The van der Waals surface area contributed by atoms with Crippen LogP contribution in [0.25, 0.3) is 0 Å². The van der Waals surface area contributed by atoms with Crippen molar-refractivity contribution in [1.82, 2.24) is 0 Å². The van der Waals surface area contributed by atoms with E-state index in [0.29, 0.717) is 15.9 Å². The molecule has 0 radical (unpaired) electrons. The molecule has 64 valence electrons. The highest BCUT2D eigenvalue weighted by molar-refractivity contribution is 14.1. The number of benzene rings is 1. The van der Waals surface area contributed by atoms with Crippen molar-refractivity contribution in [2.75, 3.05) is 6.61 Å². The van der Waals surface area contributed by atoms with Crippen molar-refractivity contribution in [3.63, 3.8) is 0 Å². The molecule has 0 aliphatic carbocycles. The van der Waals surface area contributed by atoms with Crippen LogP contribution >= 0.6 is 22.6 Å². The van der Waals surface area contributed by atoms with E-state index in [1.807, 2.05) is 22.6 Å². The van der Waals surface area contributed by atoms with Gasteiger partial charge in [-0.15, -0.1) is 0 Å². The van der Waals surface area contributed by atoms with Crippen LogP contribution in [0.15, 0.2) is 12.1 Å². The second-order valence-electron chi connectivity index (χ2n) is 2.69. The monoisotopic (exact) mass is 279 g/mol. The minimum Gasteiger partial charge on any atom is -0.491 e. The molecule has 12 heavy (non-hydrogen) atoms. The van der Waals surface area contributed by atoms with Crippen LogP contribution in [0.1, 0.15) is 11.6 Å². The summed E-state index contributed by atoms with van der Waals surface area (Å²) in [6.07, 6.45) is 0. The highest BCUT2D eigenvalue weighted by atomic mass is 127. The van der Waals surface area contributed by atoms with Crippen LogP contribution in [-0.2, 0) is 0 Å². The maximum Gasteiger partial charge on any atom is 0.137 e. The van der Waals surface area contributed by atoms with Gasteiger partial charge >= 0.3 is 0 Å². The lowest BCUT2D eigenvalue weighted by Gasteiger charge is -2.03. The lowest BCUT2D eigenvalue weighted by Crippen LogP contribution is -2.12. The zero-order chi connectivity index (χ0) is 8.72. The molecule has 0 saturated carbocycles. The average molecular weight is 279 g/mol. The molecule has 1 aliphatic rings. The summed E-state index contributed by atoms with van der Waals surface area (Å²) < 4.78 is 18.9. The van der Waals surface area contributed by atoms with Gasteiger partial charge in [-0.25, -0.2) is 4.39 Å². The summed E-state index contributed by atoms with van der Waals surface area (Å²) in [6.45, 7) is 0.453. The van der Waals surface area contributed by atoms with Crippen molar-refractivity contribution in [2.24, 2.45) is 5.73 Å². The van der Waals surface area contributed by atoms with Gasteiger partial charge in [0.05, 0.1) is 9.61 Å². The van der Waals surface area contributed by atoms with E-state index in [4.69, 9.17) is 10.5 Å². The first-order valence-electron chi connectivity index (χ1n) is 3.56. The van der Waals surface area contributed by atoms with Crippen LogP contribution in [0.5, 0.6) is 5.75 Å². The third-order valence-corrected chi connectivity index (χ3v) is 2.98. The molecule has 0 bridgehead atoms. The Morgan fingerprint density at radius 2 is 2.33 bits per heavy atom. The molecule has 1 atom stereocenters. The Morgan fingerprint density at radius 1 is 1.58 bits per heavy atom. The van der Waals surface area contributed by atoms with E-state index in [9.17, 15) is 4.39 Å². The van der Waals surface area contributed by atoms with Crippen molar-refractivity contribution in [3.8, 4) is 5.75 Å². The number of nitrogens with two attached hydrogens (primary N) is 1. The van der Waals surface area contributed by atoms with Gasteiger partial charge in [0.1, 0.15) is 18.2 Å². The van der Waals surface area contributed by atoms with Gasteiger partial charge in [-0.1, -0.05) is 0 Å². The summed E-state index contributed by atoms with van der Waals surface area (Å²) in [4.78, 5) is 0. The topological polar surface area (TPSA) is 35.2 Å². The molecule has 2 rings (SSSR count). The van der Waals surface area contributed by atoms with E-state index in [-0.39, 0.29) is 11.9 Å². The van der Waals surface area contributed by atoms with E-state index in [1.165, 1.54) is 6.07 Å². The van der Waals surface area contributed by atoms with E-state index < -0.39 is 0 Å². The molecule has 0 spiro atoms. The summed E-state index contributed by atoms with van der Waals surface area (Å²) in [5.41, 5.74) is 6.52. The zero-order valence-electron chi connectivity index (χ0n) is 6.18. The molecule has 0 amide bonds. The van der Waals surface area contributed by atoms with Crippen molar-refractivity contribution in [2.45, 2.75) is 6.04 Å². The fraction of sp³-hybridized carbons (Fsp3) is 0.250. The average Bonchev–Trinajstić information content (AvgIpc) is 2.41. The van der Waals surface area contributed by atoms with Gasteiger partial charge in [-0.3, -0.25) is 0 Å². The van der Waals surface area contributed by atoms with Gasteiger partial charge in [0, 0.05) is 5.56 Å². The lowest BCUT2D eigenvalue weighted by molar-refractivity contribution is 0.333. The Hall–Kier alpha value is -0.360. The Bertz CT molecular complexity index is 329. The zero-order valence-corrected chi connectivity index (χ0v) is 8.34. The molecule has 2 nitrogen and oxygen atoms in total. The molecule has 2 N–H and O–H groups in total. The lowest BCUT2D eigenvalue weighted by atomic mass is 10.1. The second kappa shape index (κ2) is 2.85. The van der Waals surface area contributed by atoms with Crippen LogP contribution in [-0.4, -0.2) is 6.61 Å². The molecule has 1 aromatic carbocycles. The molecular formula is C8H7FINO. The highest BCUT2D eigenvalue weighted by Gasteiger charge is 2.24. The maximum atomic E-state index is 13.0. The van der Waals surface area contributed by atoms with Gasteiger partial charge in [-0.05, 0) is 34.7 Å². The van der Waals surface area contributed by atoms with Crippen LogP contribution in [0.4, 0.5) is 4.39 Å². The minimum atomic E-state index is -0.227. The van der Waals surface area contributed by atoms with Crippen LogP contribution in [0.3, 0.4) is 0 Å². The number of hydrogen-bond donors (Lipinski definition) is 1. The van der Waals surface area contributed by atoms with Gasteiger partial charge in [0.25, 0.3) is 0 Å². The SMILES string of the molecule is N[C@H]1COc2ccc(F)c(I)c21. The van der Waals surface area contributed by atoms with Crippen LogP contribution in [0.2, 0.25) is 0 Å². The largest absolute Gasteiger partial charge is 0.491 e. The van der Waals surface area contributed by atoms with Crippen molar-refractivity contribution in [1.29, 1.82) is 0 Å². The van der Waals surface area contributed by atoms with E-state index in [0.717, 1.165) is 5.56 Å². The Kier molecular flexibility index (Phi) is 1.96. The van der Waals surface area contributed by atoms with Crippen LogP contribution in [0, 0.1) is 9.39 Å². The van der Waals surface area contributed by atoms with E-state index in [1.54, 1.807) is 6.07 Å². The van der Waals surface area contributed by atoms with Crippen molar-refractivity contribution < 1.29 is 9.13 Å². The molecule has 0 aromatic heterocycles. The third-order valence-electron chi connectivity index (χ3n) is 1.88. The van der Waals surface area contributed by atoms with Gasteiger partial charge in [-0.2, -0.15) is 0 Å². The van der Waals surface area contributed by atoms with Crippen molar-refractivity contribution in [3.05, 3.63) is 27.1 Å². The first-order chi connectivity index (χ1) is 5.70. The van der Waals surface area contributed by atoms with Crippen molar-refractivity contribution >= 4 is 22.6 Å². The third kappa shape index (κ3) is 1.09. The molecule has 4 heteroatoms. The summed E-state index contributed by atoms with van der Waals surface area (Å²) in [7, 11) is 0. The Morgan fingerprint density at radius 3 is 3.08 bits per heavy atom. The second-order valence-corrected chi connectivity index (χ2v) is 3.77. The summed E-state index contributed by atoms with van der Waals surface area (Å²) in [5, 5.41) is 0. The standard InChI is InChI=1S/C8H7FINO/c9-4-1-2-6-7(8(4)10)5(11)3-12-6/h1-2,5H,3,11H2/t5-/m0/s1. The van der Waals surface area contributed by atoms with Gasteiger partial charge < -0.3 is 10.5 Å². The number of ether oxygens (including phenoxy) is 1. The molecule has 0 unspecified atom stereocenters. The van der Waals surface area contributed by atoms with Gasteiger partial charge in [0.2, 0.25) is 0 Å². The summed E-state index contributed by atoms with van der Waals surface area (Å²) >= 11 is 1.95. The van der Waals surface area contributed by atoms with E-state index >= 15 is 0 Å². The number of fused-ring (bicyclic) bond motifs is 1. The molecule has 1 heterocycles. The summed E-state index contributed by atoms with van der Waals surface area (Å²) in [5.74, 6) is 0.489. The minimum absolute atomic E-state index is 0.178. The predicted octanol–water partition coefficient (Wildman–Crippen LogP) is 1.82. The first-order valence-corrected chi connectivity index (χ1v) is 4.64. The molecule has 1 aliphatic heterocycles. The van der Waals surface area contributed by atoms with E-state index in [2.05, 4.69) is 0 Å². The number of hydrogen-bond acceptors (Lipinski definition) is 2. The van der Waals surface area contributed by atoms with Crippen LogP contribution < -0.4 is 10.5 Å². The first kappa shape index (κ1) is 8.25. The molecular weight excluding hydrogens is 272 g/mol.